The van der Waals surface area contributed by atoms with Crippen LogP contribution in [0.5, 0.6) is 0 Å². The zero-order valence-corrected chi connectivity index (χ0v) is 9.84. The molecule has 0 fully saturated rings. The molecule has 0 aliphatic carbocycles. The fourth-order valence-corrected chi connectivity index (χ4v) is 1.38. The summed E-state index contributed by atoms with van der Waals surface area (Å²) in [6, 6.07) is 0. The standard InChI is InChI=1S/C8H18S2.H2S/c9-7-5-3-1-2-4-6-8-10;/h9-10H,1-8H2;1H2. The lowest BCUT2D eigenvalue weighted by molar-refractivity contribution is 0.630. The Morgan fingerprint density at radius 2 is 0.818 bits per heavy atom. The van der Waals surface area contributed by atoms with Gasteiger partial charge >= 0.3 is 0 Å². The van der Waals surface area contributed by atoms with E-state index in [4.69, 9.17) is 0 Å². The average molecular weight is 212 g/mol. The van der Waals surface area contributed by atoms with E-state index in [0.29, 0.717) is 0 Å². The highest BCUT2D eigenvalue weighted by molar-refractivity contribution is 7.80. The summed E-state index contributed by atoms with van der Waals surface area (Å²) in [4.78, 5) is 0. The Balaban J connectivity index is 0. The SMILES string of the molecule is S.SCCCCCCCCS. The first-order chi connectivity index (χ1) is 4.91. The minimum Gasteiger partial charge on any atom is -0.197 e. The van der Waals surface area contributed by atoms with Gasteiger partial charge in [-0.25, -0.2) is 0 Å². The number of unbranched alkanes of at least 4 members (excludes halogenated alkanes) is 5. The molecule has 0 nitrogen and oxygen atoms in total. The van der Waals surface area contributed by atoms with Gasteiger partial charge in [-0.05, 0) is 24.3 Å². The topological polar surface area (TPSA) is 0 Å². The van der Waals surface area contributed by atoms with E-state index in [9.17, 15) is 0 Å². The van der Waals surface area contributed by atoms with Gasteiger partial charge in [-0.15, -0.1) is 0 Å². The number of rotatable bonds is 7. The Kier molecular flexibility index (Phi) is 18.0. The fraction of sp³-hybridized carbons (Fsp3) is 1.00. The third-order valence-corrected chi connectivity index (χ3v) is 2.20. The quantitative estimate of drug-likeness (QED) is 0.469. The van der Waals surface area contributed by atoms with Crippen molar-refractivity contribution < 1.29 is 0 Å². The first-order valence-electron chi connectivity index (χ1n) is 4.13. The summed E-state index contributed by atoms with van der Waals surface area (Å²) in [6.07, 6.45) is 8.04. The Labute approximate surface area is 88.8 Å². The predicted octanol–water partition coefficient (Wildman–Crippen LogP) is 3.30. The smallest absolute Gasteiger partial charge is 0.00979 e. The van der Waals surface area contributed by atoms with E-state index in [1.165, 1.54) is 38.5 Å². The zero-order chi connectivity index (χ0) is 7.66. The lowest BCUT2D eigenvalue weighted by Crippen LogP contribution is -1.81. The van der Waals surface area contributed by atoms with Crippen molar-refractivity contribution in [2.45, 2.75) is 38.5 Å². The van der Waals surface area contributed by atoms with Gasteiger partial charge in [-0.2, -0.15) is 38.8 Å². The molecule has 0 bridgehead atoms. The van der Waals surface area contributed by atoms with E-state index in [2.05, 4.69) is 25.3 Å². The largest absolute Gasteiger partial charge is 0.197 e. The van der Waals surface area contributed by atoms with Gasteiger partial charge in [-0.1, -0.05) is 25.7 Å². The van der Waals surface area contributed by atoms with Crippen molar-refractivity contribution in [1.82, 2.24) is 0 Å². The second kappa shape index (κ2) is 13.6. The van der Waals surface area contributed by atoms with Crippen molar-refractivity contribution in [3.63, 3.8) is 0 Å². The molecule has 0 atom stereocenters. The molecular formula is C8H20S3. The normalized spacial score (nSPS) is 9.27. The molecule has 0 rings (SSSR count). The van der Waals surface area contributed by atoms with Crippen LogP contribution in [-0.2, 0) is 0 Å². The van der Waals surface area contributed by atoms with Gasteiger partial charge in [0.2, 0.25) is 0 Å². The summed E-state index contributed by atoms with van der Waals surface area (Å²) >= 11 is 8.30. The van der Waals surface area contributed by atoms with Gasteiger partial charge < -0.3 is 0 Å². The summed E-state index contributed by atoms with van der Waals surface area (Å²) in [5.74, 6) is 2.10. The van der Waals surface area contributed by atoms with Crippen LogP contribution in [0.4, 0.5) is 0 Å². The monoisotopic (exact) mass is 212 g/mol. The molecular weight excluding hydrogens is 192 g/mol. The van der Waals surface area contributed by atoms with Crippen LogP contribution in [0.2, 0.25) is 0 Å². The van der Waals surface area contributed by atoms with Crippen molar-refractivity contribution in [3.8, 4) is 0 Å². The Morgan fingerprint density at radius 3 is 1.09 bits per heavy atom. The molecule has 70 valence electrons. The molecule has 0 radical (unpaired) electrons. The van der Waals surface area contributed by atoms with Crippen LogP contribution in [0.3, 0.4) is 0 Å². The van der Waals surface area contributed by atoms with Crippen LogP contribution in [0, 0.1) is 0 Å². The zero-order valence-electron chi connectivity index (χ0n) is 7.05. The van der Waals surface area contributed by atoms with Crippen molar-refractivity contribution in [2.75, 3.05) is 11.5 Å². The number of thiol groups is 2. The van der Waals surface area contributed by atoms with Crippen molar-refractivity contribution in [1.29, 1.82) is 0 Å². The lowest BCUT2D eigenvalue weighted by atomic mass is 10.1. The van der Waals surface area contributed by atoms with Crippen LogP contribution in [0.1, 0.15) is 38.5 Å². The van der Waals surface area contributed by atoms with Gasteiger partial charge in [0.15, 0.2) is 0 Å². The lowest BCUT2D eigenvalue weighted by Gasteiger charge is -1.97. The van der Waals surface area contributed by atoms with E-state index >= 15 is 0 Å². The molecule has 3 heteroatoms. The van der Waals surface area contributed by atoms with Crippen molar-refractivity contribution in [3.05, 3.63) is 0 Å². The minimum absolute atomic E-state index is 0. The summed E-state index contributed by atoms with van der Waals surface area (Å²) < 4.78 is 0. The first-order valence-corrected chi connectivity index (χ1v) is 5.40. The van der Waals surface area contributed by atoms with Gasteiger partial charge in [0.05, 0.1) is 0 Å². The van der Waals surface area contributed by atoms with Gasteiger partial charge in [-0.3, -0.25) is 0 Å². The second-order valence-corrected chi connectivity index (χ2v) is 3.46. The average Bonchev–Trinajstić information content (AvgIpc) is 1.97. The summed E-state index contributed by atoms with van der Waals surface area (Å²) in [7, 11) is 0. The molecule has 0 amide bonds. The predicted molar refractivity (Wildman–Crippen MR) is 65.8 cm³/mol. The maximum atomic E-state index is 4.15. The maximum absolute atomic E-state index is 4.15. The highest BCUT2D eigenvalue weighted by Crippen LogP contribution is 2.05. The number of hydrogen-bond acceptors (Lipinski definition) is 2. The molecule has 0 aromatic rings. The molecule has 0 N–H and O–H groups in total. The minimum atomic E-state index is 0. The second-order valence-electron chi connectivity index (χ2n) is 2.57. The van der Waals surface area contributed by atoms with E-state index in [-0.39, 0.29) is 13.5 Å². The van der Waals surface area contributed by atoms with Gasteiger partial charge in [0, 0.05) is 0 Å². The molecule has 0 aliphatic rings. The molecule has 11 heavy (non-hydrogen) atoms. The highest BCUT2D eigenvalue weighted by atomic mass is 32.1. The molecule has 0 aliphatic heterocycles. The molecule has 0 heterocycles. The van der Waals surface area contributed by atoms with Crippen LogP contribution in [0.25, 0.3) is 0 Å². The van der Waals surface area contributed by atoms with Gasteiger partial charge in [0.25, 0.3) is 0 Å². The Bertz CT molecular complexity index is 49.3. The van der Waals surface area contributed by atoms with Crippen molar-refractivity contribution in [2.24, 2.45) is 0 Å². The fourth-order valence-electron chi connectivity index (χ4n) is 0.931. The molecule has 0 saturated carbocycles. The summed E-state index contributed by atoms with van der Waals surface area (Å²) in [6.45, 7) is 0. The molecule has 0 aromatic heterocycles. The highest BCUT2D eigenvalue weighted by Gasteiger charge is 1.87. The van der Waals surface area contributed by atoms with Crippen molar-refractivity contribution >= 4 is 38.8 Å². The van der Waals surface area contributed by atoms with Crippen LogP contribution < -0.4 is 0 Å². The summed E-state index contributed by atoms with van der Waals surface area (Å²) in [5, 5.41) is 0. The van der Waals surface area contributed by atoms with Gasteiger partial charge in [0.1, 0.15) is 0 Å². The maximum Gasteiger partial charge on any atom is -0.00979 e. The number of hydrogen-bond donors (Lipinski definition) is 2. The van der Waals surface area contributed by atoms with E-state index in [1.54, 1.807) is 0 Å². The molecule has 0 aromatic carbocycles. The first kappa shape index (κ1) is 14.6. The molecule has 0 saturated heterocycles. The van der Waals surface area contributed by atoms with E-state index in [1.807, 2.05) is 0 Å². The third-order valence-electron chi connectivity index (χ3n) is 1.57. The van der Waals surface area contributed by atoms with Crippen LogP contribution in [0.15, 0.2) is 0 Å². The van der Waals surface area contributed by atoms with Crippen LogP contribution >= 0.6 is 38.8 Å². The van der Waals surface area contributed by atoms with Crippen LogP contribution in [-0.4, -0.2) is 11.5 Å². The molecule has 0 spiro atoms. The molecule has 0 unspecified atom stereocenters. The third kappa shape index (κ3) is 14.0. The van der Waals surface area contributed by atoms with E-state index in [0.717, 1.165) is 11.5 Å². The Hall–Kier alpha value is 1.05. The summed E-state index contributed by atoms with van der Waals surface area (Å²) in [5.41, 5.74) is 0. The van der Waals surface area contributed by atoms with E-state index < -0.39 is 0 Å². The Morgan fingerprint density at radius 1 is 0.545 bits per heavy atom.